The number of hydrogen-bond acceptors (Lipinski definition) is 7. The molecule has 156 valence electrons. The zero-order chi connectivity index (χ0) is 21.3. The number of anilines is 1. The van der Waals surface area contributed by atoms with Gasteiger partial charge in [0.15, 0.2) is 0 Å². The van der Waals surface area contributed by atoms with Crippen LogP contribution >= 0.6 is 11.3 Å². The van der Waals surface area contributed by atoms with Gasteiger partial charge in [0, 0.05) is 43.8 Å². The molecule has 0 aliphatic rings. The molecule has 1 N–H and O–H groups in total. The Hall–Kier alpha value is -3.40. The number of hydrogen-bond donors (Lipinski definition) is 1. The van der Waals surface area contributed by atoms with Gasteiger partial charge in [0.1, 0.15) is 22.0 Å². The first kappa shape index (κ1) is 19.9. The highest BCUT2D eigenvalue weighted by atomic mass is 32.1. The highest BCUT2D eigenvalue weighted by Crippen LogP contribution is 2.26. The Kier molecular flexibility index (Phi) is 5.40. The van der Waals surface area contributed by atoms with Crippen LogP contribution in [0.1, 0.15) is 18.7 Å². The number of benzene rings is 1. The van der Waals surface area contributed by atoms with Gasteiger partial charge in [0.25, 0.3) is 5.56 Å². The van der Waals surface area contributed by atoms with E-state index in [1.807, 2.05) is 15.8 Å². The lowest BCUT2D eigenvalue weighted by Crippen LogP contribution is -2.19. The van der Waals surface area contributed by atoms with Crippen molar-refractivity contribution in [3.63, 3.8) is 0 Å². The van der Waals surface area contributed by atoms with Crippen molar-refractivity contribution in [2.24, 2.45) is 7.05 Å². The molecule has 0 aliphatic carbocycles. The maximum absolute atomic E-state index is 12.4. The van der Waals surface area contributed by atoms with E-state index in [2.05, 4.69) is 15.5 Å². The van der Waals surface area contributed by atoms with E-state index in [-0.39, 0.29) is 11.5 Å². The molecular weight excluding hydrogens is 406 g/mol. The van der Waals surface area contributed by atoms with Crippen molar-refractivity contribution in [3.05, 3.63) is 45.8 Å². The number of nitrogens with one attached hydrogen (secondary N) is 1. The van der Waals surface area contributed by atoms with Gasteiger partial charge in [0.2, 0.25) is 11.7 Å². The summed E-state index contributed by atoms with van der Waals surface area (Å²) >= 11 is 1.40. The van der Waals surface area contributed by atoms with Crippen LogP contribution in [0.2, 0.25) is 0 Å². The third-order valence-electron chi connectivity index (χ3n) is 4.84. The molecule has 0 bridgehead atoms. The molecule has 1 aromatic carbocycles. The van der Waals surface area contributed by atoms with Crippen LogP contribution in [-0.2, 0) is 18.3 Å². The van der Waals surface area contributed by atoms with Crippen molar-refractivity contribution in [3.8, 4) is 11.5 Å². The quantitative estimate of drug-likeness (QED) is 0.487. The zero-order valence-corrected chi connectivity index (χ0v) is 17.7. The van der Waals surface area contributed by atoms with Gasteiger partial charge in [-0.05, 0) is 17.9 Å². The van der Waals surface area contributed by atoms with Crippen molar-refractivity contribution < 1.29 is 14.3 Å². The van der Waals surface area contributed by atoms with Crippen LogP contribution in [0.3, 0.4) is 0 Å². The van der Waals surface area contributed by atoms with E-state index in [4.69, 9.17) is 9.47 Å². The molecule has 0 radical (unpaired) electrons. The second-order valence-electron chi connectivity index (χ2n) is 6.75. The lowest BCUT2D eigenvalue weighted by atomic mass is 10.2. The summed E-state index contributed by atoms with van der Waals surface area (Å²) in [7, 11) is 4.80. The molecule has 0 atom stereocenters. The van der Waals surface area contributed by atoms with Gasteiger partial charge in [-0.25, -0.2) is 0 Å². The molecule has 10 heteroatoms. The molecule has 0 fully saturated rings. The number of thiophene rings is 1. The van der Waals surface area contributed by atoms with Gasteiger partial charge in [-0.3, -0.25) is 18.6 Å². The van der Waals surface area contributed by atoms with Gasteiger partial charge < -0.3 is 14.8 Å². The molecule has 0 spiro atoms. The molecular formula is C20H21N5O4S. The van der Waals surface area contributed by atoms with Crippen LogP contribution < -0.4 is 20.3 Å². The van der Waals surface area contributed by atoms with Crippen LogP contribution in [0.25, 0.3) is 16.0 Å². The minimum Gasteiger partial charge on any atom is -0.497 e. The van der Waals surface area contributed by atoms with E-state index in [0.29, 0.717) is 46.9 Å². The largest absolute Gasteiger partial charge is 0.497 e. The molecule has 1 amide bonds. The number of ether oxygens (including phenoxy) is 2. The number of carbonyl (C=O) groups is 1. The minimum atomic E-state index is -0.118. The van der Waals surface area contributed by atoms with Crippen LogP contribution in [0, 0.1) is 0 Å². The van der Waals surface area contributed by atoms with Crippen molar-refractivity contribution in [1.82, 2.24) is 19.2 Å². The SMILES string of the molecule is COc1cc(NC(=O)CCCc2nnc3n(C)c(=O)c4sccc4n23)cc(OC)c1. The van der Waals surface area contributed by atoms with Crippen LogP contribution in [0.4, 0.5) is 5.69 Å². The first-order valence-electron chi connectivity index (χ1n) is 9.35. The monoisotopic (exact) mass is 427 g/mol. The number of carbonyl (C=O) groups excluding carboxylic acids is 1. The molecule has 0 aliphatic heterocycles. The number of fused-ring (bicyclic) bond motifs is 3. The Morgan fingerprint density at radius 3 is 2.60 bits per heavy atom. The van der Waals surface area contributed by atoms with Crippen LogP contribution in [0.5, 0.6) is 11.5 Å². The second kappa shape index (κ2) is 8.15. The molecule has 0 unspecified atom stereocenters. The number of aromatic nitrogens is 4. The van der Waals surface area contributed by atoms with Gasteiger partial charge in [-0.15, -0.1) is 21.5 Å². The molecule has 4 rings (SSSR count). The smallest absolute Gasteiger partial charge is 0.272 e. The summed E-state index contributed by atoms with van der Waals surface area (Å²) in [5, 5.41) is 13.2. The summed E-state index contributed by atoms with van der Waals surface area (Å²) in [4.78, 5) is 24.8. The molecule has 4 aromatic rings. The fraction of sp³-hybridized carbons (Fsp3) is 0.300. The predicted octanol–water partition coefficient (Wildman–Crippen LogP) is 2.62. The molecule has 3 heterocycles. The van der Waals surface area contributed by atoms with E-state index in [9.17, 15) is 9.59 Å². The van der Waals surface area contributed by atoms with Crippen LogP contribution in [-0.4, -0.2) is 39.3 Å². The molecule has 30 heavy (non-hydrogen) atoms. The number of amides is 1. The van der Waals surface area contributed by atoms with E-state index >= 15 is 0 Å². The number of nitrogens with zero attached hydrogens (tertiary/aromatic N) is 4. The summed E-state index contributed by atoms with van der Waals surface area (Å²) in [5.74, 6) is 2.30. The van der Waals surface area contributed by atoms with Gasteiger partial charge >= 0.3 is 0 Å². The van der Waals surface area contributed by atoms with Crippen molar-refractivity contribution in [2.75, 3.05) is 19.5 Å². The molecule has 3 aromatic heterocycles. The van der Waals surface area contributed by atoms with Gasteiger partial charge in [-0.1, -0.05) is 0 Å². The van der Waals surface area contributed by atoms with Crippen molar-refractivity contribution in [1.29, 1.82) is 0 Å². The van der Waals surface area contributed by atoms with Crippen LogP contribution in [0.15, 0.2) is 34.4 Å². The Labute approximate surface area is 175 Å². The minimum absolute atomic E-state index is 0.0838. The van der Waals surface area contributed by atoms with E-state index in [1.165, 1.54) is 15.9 Å². The van der Waals surface area contributed by atoms with Gasteiger partial charge in [0.05, 0.1) is 19.7 Å². The topological polar surface area (TPSA) is 99.7 Å². The summed E-state index contributed by atoms with van der Waals surface area (Å²) in [6, 6.07) is 7.11. The number of aryl methyl sites for hydroxylation is 2. The molecule has 0 saturated heterocycles. The average molecular weight is 427 g/mol. The zero-order valence-electron chi connectivity index (χ0n) is 16.8. The Balaban J connectivity index is 1.47. The predicted molar refractivity (Wildman–Crippen MR) is 115 cm³/mol. The Morgan fingerprint density at radius 2 is 1.90 bits per heavy atom. The third kappa shape index (κ3) is 3.61. The maximum Gasteiger partial charge on any atom is 0.272 e. The first-order chi connectivity index (χ1) is 14.5. The second-order valence-corrected chi connectivity index (χ2v) is 7.67. The van der Waals surface area contributed by atoms with E-state index < -0.39 is 0 Å². The Bertz CT molecular complexity index is 1270. The van der Waals surface area contributed by atoms with E-state index in [0.717, 1.165) is 11.3 Å². The number of methoxy groups -OCH3 is 2. The van der Waals surface area contributed by atoms with E-state index in [1.54, 1.807) is 39.5 Å². The fourth-order valence-electron chi connectivity index (χ4n) is 3.32. The highest BCUT2D eigenvalue weighted by Gasteiger charge is 2.16. The lowest BCUT2D eigenvalue weighted by Gasteiger charge is -2.10. The standard InChI is InChI=1S/C20H21N5O4S/c1-24-19(27)18-15(7-8-30-18)25-16(22-23-20(24)25)5-4-6-17(26)21-12-9-13(28-2)11-14(10-12)29-3/h7-11H,4-6H2,1-3H3,(H,21,26). The van der Waals surface area contributed by atoms with Crippen molar-refractivity contribution >= 4 is 38.9 Å². The van der Waals surface area contributed by atoms with Gasteiger partial charge in [-0.2, -0.15) is 0 Å². The summed E-state index contributed by atoms with van der Waals surface area (Å²) in [6.07, 6.45) is 1.45. The third-order valence-corrected chi connectivity index (χ3v) is 5.73. The molecule has 9 nitrogen and oxygen atoms in total. The average Bonchev–Trinajstić information content (AvgIpc) is 3.38. The maximum atomic E-state index is 12.4. The first-order valence-corrected chi connectivity index (χ1v) is 10.2. The summed E-state index contributed by atoms with van der Waals surface area (Å²) in [5.41, 5.74) is 1.32. The summed E-state index contributed by atoms with van der Waals surface area (Å²) in [6.45, 7) is 0. The Morgan fingerprint density at radius 1 is 1.17 bits per heavy atom. The highest BCUT2D eigenvalue weighted by molar-refractivity contribution is 7.17. The van der Waals surface area contributed by atoms with Crippen molar-refractivity contribution in [2.45, 2.75) is 19.3 Å². The molecule has 0 saturated carbocycles. The normalized spacial score (nSPS) is 11.2. The number of rotatable bonds is 7. The fourth-order valence-corrected chi connectivity index (χ4v) is 4.18. The summed E-state index contributed by atoms with van der Waals surface area (Å²) < 4.78 is 14.5. The lowest BCUT2D eigenvalue weighted by molar-refractivity contribution is -0.116.